The minimum absolute atomic E-state index is 0.559. The zero-order valence-electron chi connectivity index (χ0n) is 15.5. The van der Waals surface area contributed by atoms with Crippen LogP contribution in [0.2, 0.25) is 0 Å². The molecule has 7 nitrogen and oxygen atoms in total. The van der Waals surface area contributed by atoms with E-state index in [1.54, 1.807) is 33.7 Å². The number of aromatic nitrogens is 3. The second-order valence-electron chi connectivity index (χ2n) is 5.81. The van der Waals surface area contributed by atoms with Crippen molar-refractivity contribution in [2.75, 3.05) is 21.3 Å². The molecule has 7 heteroatoms. The van der Waals surface area contributed by atoms with Gasteiger partial charge >= 0.3 is 0 Å². The van der Waals surface area contributed by atoms with Gasteiger partial charge < -0.3 is 15.2 Å². The molecule has 0 aliphatic heterocycles. The Kier molecular flexibility index (Phi) is 5.61. The van der Waals surface area contributed by atoms with Crippen molar-refractivity contribution in [2.24, 2.45) is 10.7 Å². The van der Waals surface area contributed by atoms with E-state index in [2.05, 4.69) is 19.9 Å². The minimum atomic E-state index is 0.559. The highest BCUT2D eigenvalue weighted by Gasteiger charge is 2.08. The summed E-state index contributed by atoms with van der Waals surface area (Å²) in [7, 11) is 4.94. The summed E-state index contributed by atoms with van der Waals surface area (Å²) in [5, 5.41) is 0. The van der Waals surface area contributed by atoms with Gasteiger partial charge in [0.25, 0.3) is 0 Å². The number of hydrogen-bond acceptors (Lipinski definition) is 7. The number of allylic oxidation sites excluding steroid dienone is 1. The predicted molar refractivity (Wildman–Crippen MR) is 106 cm³/mol. The molecule has 0 aliphatic carbocycles. The number of nitrogens with zero attached hydrogens (tertiary/aromatic N) is 4. The van der Waals surface area contributed by atoms with Gasteiger partial charge in [0.1, 0.15) is 17.0 Å². The second-order valence-corrected chi connectivity index (χ2v) is 5.81. The van der Waals surface area contributed by atoms with Crippen molar-refractivity contribution in [3.05, 3.63) is 59.7 Å². The normalized spacial score (nSPS) is 11.9. The molecular weight excluding hydrogens is 342 g/mol. The molecule has 0 amide bonds. The molecule has 0 spiro atoms. The first-order chi connectivity index (χ1) is 13.2. The first kappa shape index (κ1) is 18.3. The van der Waals surface area contributed by atoms with Gasteiger partial charge in [-0.1, -0.05) is 0 Å². The molecule has 0 bridgehead atoms. The third kappa shape index (κ3) is 4.20. The molecule has 0 atom stereocenters. The molecule has 2 aromatic heterocycles. The van der Waals surface area contributed by atoms with Gasteiger partial charge in [0.2, 0.25) is 0 Å². The fourth-order valence-corrected chi connectivity index (χ4v) is 2.69. The van der Waals surface area contributed by atoms with Crippen molar-refractivity contribution in [2.45, 2.75) is 6.42 Å². The Bertz CT molecular complexity index is 992. The monoisotopic (exact) mass is 363 g/mol. The Balaban J connectivity index is 1.96. The van der Waals surface area contributed by atoms with Crippen LogP contribution in [0.4, 0.5) is 0 Å². The number of pyridine rings is 1. The third-order valence-corrected chi connectivity index (χ3v) is 4.00. The number of ether oxygens (including phenoxy) is 2. The summed E-state index contributed by atoms with van der Waals surface area (Å²) >= 11 is 0. The highest BCUT2D eigenvalue weighted by molar-refractivity contribution is 6.08. The molecule has 3 aromatic rings. The van der Waals surface area contributed by atoms with Crippen LogP contribution in [0.3, 0.4) is 0 Å². The van der Waals surface area contributed by atoms with E-state index in [4.69, 9.17) is 15.2 Å². The van der Waals surface area contributed by atoms with Gasteiger partial charge in [0.05, 0.1) is 26.1 Å². The van der Waals surface area contributed by atoms with Crippen molar-refractivity contribution in [3.8, 4) is 11.5 Å². The van der Waals surface area contributed by atoms with E-state index in [9.17, 15) is 0 Å². The topological polar surface area (TPSA) is 95.5 Å². The van der Waals surface area contributed by atoms with E-state index in [1.807, 2.05) is 30.3 Å². The lowest BCUT2D eigenvalue weighted by molar-refractivity contribution is 0.393. The van der Waals surface area contributed by atoms with Crippen molar-refractivity contribution in [1.29, 1.82) is 0 Å². The molecule has 27 heavy (non-hydrogen) atoms. The lowest BCUT2D eigenvalue weighted by Crippen LogP contribution is -2.00. The fourth-order valence-electron chi connectivity index (χ4n) is 2.69. The Morgan fingerprint density at radius 1 is 1.11 bits per heavy atom. The third-order valence-electron chi connectivity index (χ3n) is 4.00. The van der Waals surface area contributed by atoms with Gasteiger partial charge in [-0.25, -0.2) is 9.97 Å². The van der Waals surface area contributed by atoms with Gasteiger partial charge in [-0.15, -0.1) is 0 Å². The molecule has 0 saturated carbocycles. The van der Waals surface area contributed by atoms with E-state index in [0.29, 0.717) is 23.3 Å². The Labute approximate surface area is 157 Å². The summed E-state index contributed by atoms with van der Waals surface area (Å²) in [5.41, 5.74) is 10.2. The Hall–Kier alpha value is -3.48. The molecule has 1 aromatic carbocycles. The summed E-state index contributed by atoms with van der Waals surface area (Å²) in [6.45, 7) is 0. The zero-order valence-corrected chi connectivity index (χ0v) is 15.5. The van der Waals surface area contributed by atoms with Crippen LogP contribution < -0.4 is 15.2 Å². The maximum Gasteiger partial charge on any atom is 0.179 e. The van der Waals surface area contributed by atoms with Crippen LogP contribution in [-0.2, 0) is 6.42 Å². The predicted octanol–water partition coefficient (Wildman–Crippen LogP) is 2.63. The number of methoxy groups -OCH3 is 2. The second kappa shape index (κ2) is 8.27. The standard InChI is InChI=1S/C20H21N5O2/c1-22-11-14(10-21)19-12-23-18-5-4-15(24-20(18)25-19)6-13-7-16(26-2)9-17(8-13)27-3/h4-5,7-12H,6,21H2,1-3H3. The summed E-state index contributed by atoms with van der Waals surface area (Å²) in [5.74, 6) is 1.48. The molecule has 0 radical (unpaired) electrons. The SMILES string of the molecule is CN=CC(=CN)c1cnc2ccc(Cc3cc(OC)cc(OC)c3)nc2n1. The van der Waals surface area contributed by atoms with E-state index >= 15 is 0 Å². The summed E-state index contributed by atoms with van der Waals surface area (Å²) in [6, 6.07) is 9.61. The lowest BCUT2D eigenvalue weighted by Gasteiger charge is -2.09. The number of rotatable bonds is 6. The number of benzene rings is 1. The molecule has 0 unspecified atom stereocenters. The zero-order chi connectivity index (χ0) is 19.2. The Morgan fingerprint density at radius 2 is 1.85 bits per heavy atom. The summed E-state index contributed by atoms with van der Waals surface area (Å²) in [4.78, 5) is 17.6. The van der Waals surface area contributed by atoms with E-state index < -0.39 is 0 Å². The first-order valence-electron chi connectivity index (χ1n) is 8.36. The van der Waals surface area contributed by atoms with Crippen LogP contribution in [0, 0.1) is 0 Å². The average Bonchev–Trinajstić information content (AvgIpc) is 2.71. The van der Waals surface area contributed by atoms with Crippen LogP contribution in [-0.4, -0.2) is 42.4 Å². The molecule has 0 fully saturated rings. The van der Waals surface area contributed by atoms with Gasteiger partial charge in [0.15, 0.2) is 5.65 Å². The van der Waals surface area contributed by atoms with E-state index in [0.717, 1.165) is 28.3 Å². The van der Waals surface area contributed by atoms with E-state index in [1.165, 1.54) is 6.20 Å². The number of aliphatic imine (C=N–C) groups is 1. The lowest BCUT2D eigenvalue weighted by atomic mass is 10.1. The van der Waals surface area contributed by atoms with Crippen molar-refractivity contribution >= 4 is 23.0 Å². The minimum Gasteiger partial charge on any atom is -0.497 e. The smallest absolute Gasteiger partial charge is 0.179 e. The molecule has 2 heterocycles. The van der Waals surface area contributed by atoms with Crippen LogP contribution >= 0.6 is 0 Å². The van der Waals surface area contributed by atoms with Crippen LogP contribution in [0.25, 0.3) is 16.7 Å². The van der Waals surface area contributed by atoms with Gasteiger partial charge in [-0.05, 0) is 29.8 Å². The maximum absolute atomic E-state index is 5.66. The highest BCUT2D eigenvalue weighted by atomic mass is 16.5. The van der Waals surface area contributed by atoms with Crippen molar-refractivity contribution < 1.29 is 9.47 Å². The van der Waals surface area contributed by atoms with Gasteiger partial charge in [0, 0.05) is 43.2 Å². The number of hydrogen-bond donors (Lipinski definition) is 1. The molecular formula is C20H21N5O2. The van der Waals surface area contributed by atoms with Gasteiger partial charge in [-0.3, -0.25) is 9.98 Å². The molecule has 138 valence electrons. The average molecular weight is 363 g/mol. The van der Waals surface area contributed by atoms with Crippen molar-refractivity contribution in [3.63, 3.8) is 0 Å². The fraction of sp³-hybridized carbons (Fsp3) is 0.200. The van der Waals surface area contributed by atoms with Crippen molar-refractivity contribution in [1.82, 2.24) is 15.0 Å². The van der Waals surface area contributed by atoms with Crippen LogP contribution in [0.5, 0.6) is 11.5 Å². The van der Waals surface area contributed by atoms with Crippen LogP contribution in [0.15, 0.2) is 47.7 Å². The Morgan fingerprint density at radius 3 is 2.48 bits per heavy atom. The number of fused-ring (bicyclic) bond motifs is 1. The maximum atomic E-state index is 5.66. The molecule has 2 N–H and O–H groups in total. The van der Waals surface area contributed by atoms with Crippen LogP contribution in [0.1, 0.15) is 17.0 Å². The van der Waals surface area contributed by atoms with Gasteiger partial charge in [-0.2, -0.15) is 0 Å². The molecule has 0 saturated heterocycles. The molecule has 3 rings (SSSR count). The van der Waals surface area contributed by atoms with E-state index in [-0.39, 0.29) is 0 Å². The highest BCUT2D eigenvalue weighted by Crippen LogP contribution is 2.24. The quantitative estimate of drug-likeness (QED) is 0.677. The summed E-state index contributed by atoms with van der Waals surface area (Å²) in [6.07, 6.45) is 5.37. The number of nitrogens with two attached hydrogens (primary N) is 1. The molecule has 0 aliphatic rings. The first-order valence-corrected chi connectivity index (χ1v) is 8.36. The largest absolute Gasteiger partial charge is 0.497 e. The summed E-state index contributed by atoms with van der Waals surface area (Å²) < 4.78 is 10.7.